The van der Waals surface area contributed by atoms with E-state index in [-0.39, 0.29) is 0 Å². The number of rotatable bonds is 0. The first-order valence-corrected chi connectivity index (χ1v) is 3.53. The molecule has 0 saturated carbocycles. The van der Waals surface area contributed by atoms with Gasteiger partial charge in [0.25, 0.3) is 0 Å². The van der Waals surface area contributed by atoms with Crippen LogP contribution in [0.5, 0.6) is 0 Å². The Kier molecular flexibility index (Phi) is 1.35. The zero-order chi connectivity index (χ0) is 7.68. The average Bonchev–Trinajstić information content (AvgIpc) is 2.04. The van der Waals surface area contributed by atoms with Gasteiger partial charge in [-0.1, -0.05) is 11.5 Å². The van der Waals surface area contributed by atoms with Crippen molar-refractivity contribution in [3.63, 3.8) is 0 Å². The molecule has 0 amide bonds. The largest absolute Gasteiger partial charge is 0.253 e. The number of hydrogen-bond acceptors (Lipinski definition) is 2. The van der Waals surface area contributed by atoms with Crippen LogP contribution in [0.4, 0.5) is 0 Å². The first-order valence-electron chi connectivity index (χ1n) is 3.53. The molecule has 0 aliphatic carbocycles. The van der Waals surface area contributed by atoms with Crippen LogP contribution in [0, 0.1) is 0 Å². The van der Waals surface area contributed by atoms with Gasteiger partial charge in [0.1, 0.15) is 7.85 Å². The van der Waals surface area contributed by atoms with Crippen LogP contribution in [0.25, 0.3) is 11.0 Å². The molecule has 0 spiro atoms. The van der Waals surface area contributed by atoms with Crippen LogP contribution in [0.3, 0.4) is 0 Å². The SMILES string of the molecule is Bc1ccc2nccnc2c1. The van der Waals surface area contributed by atoms with Crippen LogP contribution in [0.1, 0.15) is 0 Å². The van der Waals surface area contributed by atoms with E-state index in [9.17, 15) is 0 Å². The molecule has 1 heterocycles. The third-order valence-electron chi connectivity index (χ3n) is 1.62. The van der Waals surface area contributed by atoms with E-state index >= 15 is 0 Å². The second-order valence-corrected chi connectivity index (χ2v) is 2.55. The van der Waals surface area contributed by atoms with Gasteiger partial charge in [0, 0.05) is 12.4 Å². The summed E-state index contributed by atoms with van der Waals surface area (Å²) in [5.41, 5.74) is 3.14. The maximum absolute atomic E-state index is 4.18. The van der Waals surface area contributed by atoms with E-state index < -0.39 is 0 Å². The highest BCUT2D eigenvalue weighted by molar-refractivity contribution is 6.33. The summed E-state index contributed by atoms with van der Waals surface area (Å²) in [7, 11) is 2.05. The van der Waals surface area contributed by atoms with Crippen molar-refractivity contribution in [1.29, 1.82) is 0 Å². The lowest BCUT2D eigenvalue weighted by atomic mass is 9.96. The quantitative estimate of drug-likeness (QED) is 0.479. The lowest BCUT2D eigenvalue weighted by Crippen LogP contribution is -2.00. The predicted octanol–water partition coefficient (Wildman–Crippen LogP) is -0.112. The topological polar surface area (TPSA) is 25.8 Å². The molecule has 2 nitrogen and oxygen atoms in total. The Bertz CT molecular complexity index is 387. The molecule has 0 unspecified atom stereocenters. The maximum atomic E-state index is 4.18. The van der Waals surface area contributed by atoms with Crippen molar-refractivity contribution in [1.82, 2.24) is 9.97 Å². The maximum Gasteiger partial charge on any atom is 0.139 e. The van der Waals surface area contributed by atoms with E-state index in [4.69, 9.17) is 0 Å². The smallest absolute Gasteiger partial charge is 0.139 e. The fraction of sp³-hybridized carbons (Fsp3) is 0. The second-order valence-electron chi connectivity index (χ2n) is 2.55. The van der Waals surface area contributed by atoms with Gasteiger partial charge in [-0.15, -0.1) is 0 Å². The molecular formula is C8H7BN2. The Morgan fingerprint density at radius 3 is 2.55 bits per heavy atom. The van der Waals surface area contributed by atoms with Crippen LogP contribution in [-0.2, 0) is 0 Å². The number of aromatic nitrogens is 2. The van der Waals surface area contributed by atoms with E-state index in [0.717, 1.165) is 11.0 Å². The minimum Gasteiger partial charge on any atom is -0.253 e. The Hall–Kier alpha value is -1.38. The molecule has 1 aromatic carbocycles. The van der Waals surface area contributed by atoms with Gasteiger partial charge in [-0.25, -0.2) is 0 Å². The van der Waals surface area contributed by atoms with E-state index in [0.29, 0.717) is 0 Å². The molecule has 3 heteroatoms. The molecule has 0 atom stereocenters. The van der Waals surface area contributed by atoms with Gasteiger partial charge in [0.05, 0.1) is 11.0 Å². The lowest BCUT2D eigenvalue weighted by Gasteiger charge is -1.95. The van der Waals surface area contributed by atoms with E-state index in [1.165, 1.54) is 5.46 Å². The molecular weight excluding hydrogens is 135 g/mol. The Morgan fingerprint density at radius 2 is 1.73 bits per heavy atom. The second kappa shape index (κ2) is 2.34. The molecule has 0 saturated heterocycles. The van der Waals surface area contributed by atoms with E-state index in [1.807, 2.05) is 26.0 Å². The lowest BCUT2D eigenvalue weighted by molar-refractivity contribution is 1.30. The minimum atomic E-state index is 0.957. The van der Waals surface area contributed by atoms with Crippen LogP contribution in [0.15, 0.2) is 30.6 Å². The van der Waals surface area contributed by atoms with Crippen molar-refractivity contribution in [3.05, 3.63) is 30.6 Å². The summed E-state index contributed by atoms with van der Waals surface area (Å²) in [5, 5.41) is 0. The Balaban J connectivity index is 2.83. The van der Waals surface area contributed by atoms with Gasteiger partial charge < -0.3 is 0 Å². The molecule has 52 valence electrons. The van der Waals surface area contributed by atoms with Gasteiger partial charge in [-0.2, -0.15) is 0 Å². The fourth-order valence-corrected chi connectivity index (χ4v) is 1.07. The number of nitrogens with zero attached hydrogens (tertiary/aromatic N) is 2. The number of benzene rings is 1. The fourth-order valence-electron chi connectivity index (χ4n) is 1.07. The summed E-state index contributed by atoms with van der Waals surface area (Å²) in [6.45, 7) is 0. The summed E-state index contributed by atoms with van der Waals surface area (Å²) in [6.07, 6.45) is 3.42. The molecule has 1 aromatic heterocycles. The Labute approximate surface area is 65.7 Å². The summed E-state index contributed by atoms with van der Waals surface area (Å²) in [5.74, 6) is 0. The number of fused-ring (bicyclic) bond motifs is 1. The molecule has 0 aliphatic rings. The molecule has 0 radical (unpaired) electrons. The molecule has 0 aliphatic heterocycles. The highest BCUT2D eigenvalue weighted by Gasteiger charge is 1.92. The van der Waals surface area contributed by atoms with Crippen molar-refractivity contribution in [2.75, 3.05) is 0 Å². The summed E-state index contributed by atoms with van der Waals surface area (Å²) in [4.78, 5) is 8.34. The molecule has 2 rings (SSSR count). The molecule has 0 bridgehead atoms. The first-order chi connectivity index (χ1) is 5.36. The minimum absolute atomic E-state index is 0.957. The molecule has 2 aromatic rings. The predicted molar refractivity (Wildman–Crippen MR) is 47.7 cm³/mol. The zero-order valence-electron chi connectivity index (χ0n) is 6.28. The Morgan fingerprint density at radius 1 is 1.00 bits per heavy atom. The van der Waals surface area contributed by atoms with Crippen LogP contribution >= 0.6 is 0 Å². The van der Waals surface area contributed by atoms with Crippen LogP contribution in [0.2, 0.25) is 0 Å². The molecule has 11 heavy (non-hydrogen) atoms. The van der Waals surface area contributed by atoms with Crippen molar-refractivity contribution in [2.24, 2.45) is 0 Å². The van der Waals surface area contributed by atoms with Gasteiger partial charge in [0.15, 0.2) is 0 Å². The van der Waals surface area contributed by atoms with Crippen molar-refractivity contribution in [2.45, 2.75) is 0 Å². The summed E-state index contributed by atoms with van der Waals surface area (Å²) in [6, 6.07) is 6.05. The molecule has 0 fully saturated rings. The summed E-state index contributed by atoms with van der Waals surface area (Å²) < 4.78 is 0. The van der Waals surface area contributed by atoms with Gasteiger partial charge in [0.2, 0.25) is 0 Å². The van der Waals surface area contributed by atoms with Gasteiger partial charge in [-0.05, 0) is 12.1 Å². The first kappa shape index (κ1) is 6.34. The van der Waals surface area contributed by atoms with Crippen LogP contribution in [-0.4, -0.2) is 17.8 Å². The summed E-state index contributed by atoms with van der Waals surface area (Å²) >= 11 is 0. The van der Waals surface area contributed by atoms with E-state index in [2.05, 4.69) is 9.97 Å². The van der Waals surface area contributed by atoms with Gasteiger partial charge >= 0.3 is 0 Å². The van der Waals surface area contributed by atoms with Gasteiger partial charge in [-0.3, -0.25) is 9.97 Å². The monoisotopic (exact) mass is 142 g/mol. The normalized spacial score (nSPS) is 10.2. The number of hydrogen-bond donors (Lipinski definition) is 0. The van der Waals surface area contributed by atoms with Crippen molar-refractivity contribution < 1.29 is 0 Å². The van der Waals surface area contributed by atoms with E-state index in [1.54, 1.807) is 12.4 Å². The zero-order valence-corrected chi connectivity index (χ0v) is 6.28. The standard InChI is InChI=1S/C8H7BN2/c9-6-1-2-7-8(5-6)11-4-3-10-7/h1-5H,9H2. The molecule has 0 N–H and O–H groups in total. The van der Waals surface area contributed by atoms with Crippen LogP contribution < -0.4 is 5.46 Å². The highest BCUT2D eigenvalue weighted by Crippen LogP contribution is 2.02. The third kappa shape index (κ3) is 1.09. The third-order valence-corrected chi connectivity index (χ3v) is 1.62. The van der Waals surface area contributed by atoms with Crippen molar-refractivity contribution in [3.8, 4) is 0 Å². The van der Waals surface area contributed by atoms with Crippen molar-refractivity contribution >= 4 is 24.3 Å². The average molecular weight is 142 g/mol. The highest BCUT2D eigenvalue weighted by atomic mass is 14.8.